The van der Waals surface area contributed by atoms with Crippen LogP contribution in [-0.2, 0) is 0 Å². The molecule has 126 valence electrons. The fraction of sp³-hybridized carbons (Fsp3) is 0.474. The van der Waals surface area contributed by atoms with Crippen molar-refractivity contribution < 1.29 is 0 Å². The first kappa shape index (κ1) is 16.1. The third-order valence-corrected chi connectivity index (χ3v) is 7.19. The van der Waals surface area contributed by atoms with Gasteiger partial charge in [-0.05, 0) is 42.2 Å². The molecule has 1 N–H and O–H groups in total. The maximum absolute atomic E-state index is 5.94. The van der Waals surface area contributed by atoms with Gasteiger partial charge in [-0.2, -0.15) is 5.10 Å². The second-order valence-electron chi connectivity index (χ2n) is 7.61. The number of hydrogen-bond donors (Lipinski definition) is 1. The molecule has 24 heavy (non-hydrogen) atoms. The number of thiazole rings is 1. The monoisotopic (exact) mass is 359 g/mol. The summed E-state index contributed by atoms with van der Waals surface area (Å²) in [6.45, 7) is 7.19. The predicted molar refractivity (Wildman–Crippen MR) is 103 cm³/mol. The summed E-state index contributed by atoms with van der Waals surface area (Å²) in [6, 6.07) is 7.77. The van der Waals surface area contributed by atoms with Crippen molar-refractivity contribution in [3.8, 4) is 11.3 Å². The van der Waals surface area contributed by atoms with Crippen LogP contribution in [0.1, 0.15) is 33.6 Å². The molecule has 0 amide bonds. The van der Waals surface area contributed by atoms with Crippen LogP contribution in [0.4, 0.5) is 5.13 Å². The molecule has 2 aliphatic rings. The maximum atomic E-state index is 5.94. The van der Waals surface area contributed by atoms with E-state index < -0.39 is 0 Å². The number of anilines is 1. The van der Waals surface area contributed by atoms with E-state index in [0.717, 1.165) is 33.8 Å². The molecule has 2 aromatic rings. The summed E-state index contributed by atoms with van der Waals surface area (Å²) in [7, 11) is 0. The van der Waals surface area contributed by atoms with Crippen molar-refractivity contribution in [3.63, 3.8) is 0 Å². The number of rotatable bonds is 3. The molecule has 2 bridgehead atoms. The summed E-state index contributed by atoms with van der Waals surface area (Å²) in [5, 5.41) is 8.35. The lowest BCUT2D eigenvalue weighted by atomic mass is 9.69. The average molecular weight is 360 g/mol. The molecule has 0 spiro atoms. The minimum Gasteiger partial charge on any atom is -0.253 e. The molecular weight excluding hydrogens is 338 g/mol. The molecule has 1 heterocycles. The summed E-state index contributed by atoms with van der Waals surface area (Å²) >= 11 is 7.53. The first-order chi connectivity index (χ1) is 11.4. The number of nitrogens with one attached hydrogen (secondary N) is 1. The Morgan fingerprint density at radius 2 is 2.04 bits per heavy atom. The van der Waals surface area contributed by atoms with Crippen molar-refractivity contribution in [1.29, 1.82) is 0 Å². The minimum absolute atomic E-state index is 0.451. The van der Waals surface area contributed by atoms with Gasteiger partial charge in [-0.15, -0.1) is 11.3 Å². The van der Waals surface area contributed by atoms with E-state index in [-0.39, 0.29) is 0 Å². The van der Waals surface area contributed by atoms with Crippen molar-refractivity contribution in [1.82, 2.24) is 4.98 Å². The van der Waals surface area contributed by atoms with Gasteiger partial charge in [0.15, 0.2) is 0 Å². The third kappa shape index (κ3) is 2.66. The molecule has 3 nitrogen and oxygen atoms in total. The largest absolute Gasteiger partial charge is 0.253 e. The minimum atomic E-state index is 0.451. The van der Waals surface area contributed by atoms with Gasteiger partial charge in [-0.3, -0.25) is 5.43 Å². The highest BCUT2D eigenvalue weighted by Crippen LogP contribution is 2.57. The number of hydrogen-bond acceptors (Lipinski definition) is 4. The highest BCUT2D eigenvalue weighted by atomic mass is 35.5. The number of halogens is 1. The van der Waals surface area contributed by atoms with Crippen molar-refractivity contribution in [2.24, 2.45) is 28.3 Å². The molecule has 0 radical (unpaired) electrons. The average Bonchev–Trinajstić information content (AvgIpc) is 3.23. The normalized spacial score (nSPS) is 29.3. The summed E-state index contributed by atoms with van der Waals surface area (Å²) in [4.78, 5) is 4.64. The Labute approximate surface area is 152 Å². The second-order valence-corrected chi connectivity index (χ2v) is 8.91. The van der Waals surface area contributed by atoms with Crippen LogP contribution in [0.15, 0.2) is 34.7 Å². The zero-order valence-corrected chi connectivity index (χ0v) is 15.8. The first-order valence-corrected chi connectivity index (χ1v) is 9.75. The molecule has 4 rings (SSSR count). The van der Waals surface area contributed by atoms with Gasteiger partial charge in [0, 0.05) is 27.6 Å². The molecule has 0 aliphatic heterocycles. The molecule has 3 atom stereocenters. The highest BCUT2D eigenvalue weighted by molar-refractivity contribution is 7.14. The number of aromatic nitrogens is 1. The van der Waals surface area contributed by atoms with Crippen molar-refractivity contribution in [2.45, 2.75) is 33.6 Å². The SMILES string of the molecule is C[C@H]1[C@@H]2C[C@@H](C/C2=N\Nc2nc(-c3ccc(Cl)cc3)cs2)C1(C)C. The molecule has 5 heteroatoms. The Hall–Kier alpha value is -1.39. The zero-order valence-electron chi connectivity index (χ0n) is 14.2. The van der Waals surface area contributed by atoms with Crippen molar-refractivity contribution in [2.75, 3.05) is 5.43 Å². The fourth-order valence-electron chi connectivity index (χ4n) is 4.21. The van der Waals surface area contributed by atoms with Crippen LogP contribution in [0.3, 0.4) is 0 Å². The predicted octanol–water partition coefficient (Wildman–Crippen LogP) is 5.93. The molecule has 0 unspecified atom stereocenters. The molecule has 2 fully saturated rings. The van der Waals surface area contributed by atoms with Gasteiger partial charge in [0.2, 0.25) is 5.13 Å². The van der Waals surface area contributed by atoms with E-state index >= 15 is 0 Å². The van der Waals surface area contributed by atoms with Crippen molar-refractivity contribution in [3.05, 3.63) is 34.7 Å². The van der Waals surface area contributed by atoms with Crippen LogP contribution in [0.25, 0.3) is 11.3 Å². The highest BCUT2D eigenvalue weighted by Gasteiger charge is 2.53. The van der Waals surface area contributed by atoms with Crippen LogP contribution < -0.4 is 5.43 Å². The van der Waals surface area contributed by atoms with Crippen LogP contribution in [0, 0.1) is 23.2 Å². The fourth-order valence-corrected chi connectivity index (χ4v) is 4.99. The number of nitrogens with zero attached hydrogens (tertiary/aromatic N) is 2. The molecule has 1 aromatic carbocycles. The van der Waals surface area contributed by atoms with Crippen LogP contribution >= 0.6 is 22.9 Å². The first-order valence-electron chi connectivity index (χ1n) is 8.49. The van der Waals surface area contributed by atoms with Gasteiger partial charge < -0.3 is 0 Å². The zero-order chi connectivity index (χ0) is 16.9. The second kappa shape index (κ2) is 5.85. The van der Waals surface area contributed by atoms with Gasteiger partial charge >= 0.3 is 0 Å². The van der Waals surface area contributed by atoms with Crippen LogP contribution in [-0.4, -0.2) is 10.7 Å². The van der Waals surface area contributed by atoms with Gasteiger partial charge in [-0.1, -0.05) is 44.5 Å². The number of hydrazone groups is 1. The van der Waals surface area contributed by atoms with E-state index in [0.29, 0.717) is 17.3 Å². The van der Waals surface area contributed by atoms with E-state index in [4.69, 9.17) is 16.7 Å². The summed E-state index contributed by atoms with van der Waals surface area (Å²) in [6.07, 6.45) is 2.42. The van der Waals surface area contributed by atoms with Gasteiger partial charge in [0.05, 0.1) is 5.69 Å². The molecular formula is C19H22ClN3S. The Morgan fingerprint density at radius 3 is 2.71 bits per heavy atom. The molecule has 2 saturated carbocycles. The lowest BCUT2D eigenvalue weighted by Crippen LogP contribution is -2.33. The number of benzene rings is 1. The standard InChI is InChI=1S/C19H22ClN3S/c1-11-15-8-13(19(11,2)3)9-16(15)22-23-18-21-17(10-24-18)12-4-6-14(20)7-5-12/h4-7,10-11,13,15H,8-9H2,1-3H3,(H,21,23)/b22-16+/t11-,13-,15-/m0/s1. The summed E-state index contributed by atoms with van der Waals surface area (Å²) in [5.41, 5.74) is 7.01. The quantitative estimate of drug-likeness (QED) is 0.689. The van der Waals surface area contributed by atoms with Gasteiger partial charge in [-0.25, -0.2) is 4.98 Å². The summed E-state index contributed by atoms with van der Waals surface area (Å²) in [5.74, 6) is 2.12. The Bertz CT molecular complexity index is 774. The lowest BCUT2D eigenvalue weighted by Gasteiger charge is -2.36. The summed E-state index contributed by atoms with van der Waals surface area (Å²) < 4.78 is 0. The molecule has 1 aromatic heterocycles. The lowest BCUT2D eigenvalue weighted by molar-refractivity contribution is 0.182. The van der Waals surface area contributed by atoms with Gasteiger partial charge in [0.25, 0.3) is 0 Å². The molecule has 2 aliphatic carbocycles. The van der Waals surface area contributed by atoms with E-state index in [2.05, 4.69) is 36.6 Å². The van der Waals surface area contributed by atoms with Crippen LogP contribution in [0.5, 0.6) is 0 Å². The topological polar surface area (TPSA) is 37.3 Å². The van der Waals surface area contributed by atoms with Crippen LogP contribution in [0.2, 0.25) is 5.02 Å². The number of fused-ring (bicyclic) bond motifs is 2. The van der Waals surface area contributed by atoms with E-state index in [9.17, 15) is 0 Å². The smallest absolute Gasteiger partial charge is 0.203 e. The van der Waals surface area contributed by atoms with Gasteiger partial charge in [0.1, 0.15) is 0 Å². The Balaban J connectivity index is 1.47. The molecule has 0 saturated heterocycles. The van der Waals surface area contributed by atoms with E-state index in [1.165, 1.54) is 12.1 Å². The Morgan fingerprint density at radius 1 is 1.29 bits per heavy atom. The maximum Gasteiger partial charge on any atom is 0.203 e. The third-order valence-electron chi connectivity index (χ3n) is 6.19. The Kier molecular flexibility index (Phi) is 3.92. The van der Waals surface area contributed by atoms with E-state index in [1.807, 2.05) is 24.3 Å². The van der Waals surface area contributed by atoms with E-state index in [1.54, 1.807) is 11.3 Å². The van der Waals surface area contributed by atoms with Crippen molar-refractivity contribution >= 4 is 33.8 Å².